The number of hydrogen-bond acceptors (Lipinski definition) is 5. The average molecular weight is 368 g/mol. The van der Waals surface area contributed by atoms with Crippen LogP contribution in [-0.4, -0.2) is 23.1 Å². The van der Waals surface area contributed by atoms with Crippen molar-refractivity contribution >= 4 is 33.7 Å². The Morgan fingerprint density at radius 2 is 2.18 bits per heavy atom. The number of nitrogens with zero attached hydrogens (tertiary/aromatic N) is 1. The van der Waals surface area contributed by atoms with E-state index < -0.39 is 10.9 Å². The average Bonchev–Trinajstić information content (AvgIpc) is 2.85. The Morgan fingerprint density at radius 1 is 1.45 bits per heavy atom. The first-order chi connectivity index (χ1) is 10.4. The summed E-state index contributed by atoms with van der Waals surface area (Å²) in [5.74, 6) is -0.111. The van der Waals surface area contributed by atoms with Crippen LogP contribution in [0.4, 0.5) is 5.69 Å². The molecule has 0 aliphatic heterocycles. The van der Waals surface area contributed by atoms with Gasteiger partial charge in [-0.05, 0) is 34.1 Å². The number of nitro benzene ring substituents is 1. The summed E-state index contributed by atoms with van der Waals surface area (Å²) in [5, 5.41) is 19.5. The quantitative estimate of drug-likeness (QED) is 0.490. The fraction of sp³-hybridized carbons (Fsp3) is 0.0714. The van der Waals surface area contributed by atoms with Gasteiger partial charge in [0.15, 0.2) is 5.76 Å². The lowest BCUT2D eigenvalue weighted by molar-refractivity contribution is -0.384. The number of rotatable bonds is 5. The second-order valence-corrected chi connectivity index (χ2v) is 4.99. The Balaban J connectivity index is 2.53. The zero-order chi connectivity index (χ0) is 16.3. The highest BCUT2D eigenvalue weighted by Gasteiger charge is 2.18. The van der Waals surface area contributed by atoms with E-state index in [1.165, 1.54) is 31.4 Å². The van der Waals surface area contributed by atoms with Crippen molar-refractivity contribution in [1.82, 2.24) is 0 Å². The standard InChI is InChI=1S/C14H10BrNO6/c1-21-12-4-2-8(16(19)20)6-10(12)14-11(15)7-9(22-14)3-5-13(17)18/h2-7H,1H3,(H,17,18)/b5-3+. The monoisotopic (exact) mass is 367 g/mol. The van der Waals surface area contributed by atoms with Crippen LogP contribution in [0.3, 0.4) is 0 Å². The number of ether oxygens (including phenoxy) is 1. The molecule has 0 aliphatic rings. The van der Waals surface area contributed by atoms with Crippen LogP contribution in [0.15, 0.2) is 39.2 Å². The Kier molecular flexibility index (Phi) is 4.62. The first kappa shape index (κ1) is 15.8. The minimum absolute atomic E-state index is 0.110. The minimum Gasteiger partial charge on any atom is -0.496 e. The van der Waals surface area contributed by atoms with Crippen molar-refractivity contribution in [1.29, 1.82) is 0 Å². The normalized spacial score (nSPS) is 10.8. The summed E-state index contributed by atoms with van der Waals surface area (Å²) in [4.78, 5) is 20.9. The molecule has 2 aromatic rings. The molecule has 0 aliphatic carbocycles. The van der Waals surface area contributed by atoms with Crippen molar-refractivity contribution in [3.63, 3.8) is 0 Å². The van der Waals surface area contributed by atoms with Crippen LogP contribution in [0.1, 0.15) is 5.76 Å². The molecule has 0 radical (unpaired) electrons. The maximum absolute atomic E-state index is 10.9. The maximum Gasteiger partial charge on any atom is 0.328 e. The summed E-state index contributed by atoms with van der Waals surface area (Å²) in [6, 6.07) is 5.68. The molecule has 0 amide bonds. The fourth-order valence-corrected chi connectivity index (χ4v) is 2.31. The number of furan rings is 1. The summed E-state index contributed by atoms with van der Waals surface area (Å²) in [6.07, 6.45) is 2.21. The molecule has 22 heavy (non-hydrogen) atoms. The van der Waals surface area contributed by atoms with Gasteiger partial charge in [0.25, 0.3) is 5.69 Å². The zero-order valence-corrected chi connectivity index (χ0v) is 12.9. The Labute approximate surface area is 133 Å². The van der Waals surface area contributed by atoms with E-state index in [1.54, 1.807) is 6.07 Å². The molecule has 0 saturated heterocycles. The Morgan fingerprint density at radius 3 is 2.77 bits per heavy atom. The molecule has 0 saturated carbocycles. The second kappa shape index (κ2) is 6.44. The van der Waals surface area contributed by atoms with Gasteiger partial charge in [-0.3, -0.25) is 10.1 Å². The molecule has 0 bridgehead atoms. The fourth-order valence-electron chi connectivity index (χ4n) is 1.79. The Hall–Kier alpha value is -2.61. The third-order valence-corrected chi connectivity index (χ3v) is 3.32. The minimum atomic E-state index is -1.11. The van der Waals surface area contributed by atoms with Crippen molar-refractivity contribution in [2.24, 2.45) is 0 Å². The van der Waals surface area contributed by atoms with Crippen LogP contribution in [0.25, 0.3) is 17.4 Å². The van der Waals surface area contributed by atoms with Crippen molar-refractivity contribution in [2.75, 3.05) is 7.11 Å². The molecule has 0 fully saturated rings. The zero-order valence-electron chi connectivity index (χ0n) is 11.3. The van der Waals surface area contributed by atoms with E-state index in [1.807, 2.05) is 0 Å². The largest absolute Gasteiger partial charge is 0.496 e. The van der Waals surface area contributed by atoms with Crippen molar-refractivity contribution in [3.8, 4) is 17.1 Å². The lowest BCUT2D eigenvalue weighted by atomic mass is 10.1. The van der Waals surface area contributed by atoms with E-state index >= 15 is 0 Å². The van der Waals surface area contributed by atoms with Gasteiger partial charge < -0.3 is 14.3 Å². The van der Waals surface area contributed by atoms with Gasteiger partial charge in [0.2, 0.25) is 0 Å². The highest BCUT2D eigenvalue weighted by molar-refractivity contribution is 9.10. The van der Waals surface area contributed by atoms with Crippen LogP contribution < -0.4 is 4.74 Å². The number of aliphatic carboxylic acids is 1. The Bertz CT molecular complexity index is 765. The van der Waals surface area contributed by atoms with Gasteiger partial charge >= 0.3 is 5.97 Å². The molecule has 1 aromatic carbocycles. The number of nitro groups is 1. The maximum atomic E-state index is 10.9. The van der Waals surface area contributed by atoms with Gasteiger partial charge in [-0.1, -0.05) is 0 Å². The number of carboxylic acids is 1. The molecule has 8 heteroatoms. The SMILES string of the molecule is COc1ccc([N+](=O)[O-])cc1-c1oc(/C=C/C(=O)O)cc1Br. The van der Waals surface area contributed by atoms with E-state index in [0.717, 1.165) is 6.08 Å². The molecular weight excluding hydrogens is 358 g/mol. The van der Waals surface area contributed by atoms with E-state index in [-0.39, 0.29) is 11.4 Å². The van der Waals surface area contributed by atoms with Crippen LogP contribution >= 0.6 is 15.9 Å². The van der Waals surface area contributed by atoms with Gasteiger partial charge in [0, 0.05) is 18.2 Å². The van der Waals surface area contributed by atoms with E-state index in [4.69, 9.17) is 14.3 Å². The van der Waals surface area contributed by atoms with E-state index in [0.29, 0.717) is 21.5 Å². The van der Waals surface area contributed by atoms with Gasteiger partial charge in [-0.15, -0.1) is 0 Å². The number of methoxy groups -OCH3 is 1. The molecule has 1 N–H and O–H groups in total. The number of benzene rings is 1. The molecule has 1 heterocycles. The van der Waals surface area contributed by atoms with Crippen molar-refractivity contribution < 1.29 is 24.0 Å². The number of halogens is 1. The van der Waals surface area contributed by atoms with Crippen LogP contribution in [-0.2, 0) is 4.79 Å². The summed E-state index contributed by atoms with van der Waals surface area (Å²) < 4.78 is 11.2. The number of hydrogen-bond donors (Lipinski definition) is 1. The topological polar surface area (TPSA) is 103 Å². The summed E-state index contributed by atoms with van der Waals surface area (Å²) >= 11 is 3.29. The van der Waals surface area contributed by atoms with Crippen molar-refractivity contribution in [2.45, 2.75) is 0 Å². The molecular formula is C14H10BrNO6. The van der Waals surface area contributed by atoms with Crippen molar-refractivity contribution in [3.05, 3.63) is 50.7 Å². The summed E-state index contributed by atoms with van der Waals surface area (Å²) in [6.45, 7) is 0. The molecule has 7 nitrogen and oxygen atoms in total. The highest BCUT2D eigenvalue weighted by Crippen LogP contribution is 2.39. The molecule has 114 valence electrons. The molecule has 1 aromatic heterocycles. The van der Waals surface area contributed by atoms with E-state index in [9.17, 15) is 14.9 Å². The summed E-state index contributed by atoms with van der Waals surface area (Å²) in [7, 11) is 1.44. The first-order valence-electron chi connectivity index (χ1n) is 5.95. The number of carbonyl (C=O) groups is 1. The van der Waals surface area contributed by atoms with Gasteiger partial charge in [-0.25, -0.2) is 4.79 Å². The van der Waals surface area contributed by atoms with Crippen LogP contribution in [0.5, 0.6) is 5.75 Å². The predicted molar refractivity (Wildman–Crippen MR) is 81.7 cm³/mol. The lowest BCUT2D eigenvalue weighted by Gasteiger charge is -2.06. The van der Waals surface area contributed by atoms with E-state index in [2.05, 4.69) is 15.9 Å². The predicted octanol–water partition coefficient (Wildman–Crippen LogP) is 3.72. The number of carboxylic acid groups (broad SMARTS) is 1. The second-order valence-electron chi connectivity index (χ2n) is 4.14. The van der Waals surface area contributed by atoms with Gasteiger partial charge in [0.1, 0.15) is 11.5 Å². The third kappa shape index (κ3) is 3.34. The molecule has 0 unspecified atom stereocenters. The van der Waals surface area contributed by atoms with Gasteiger partial charge in [0.05, 0.1) is 22.1 Å². The highest BCUT2D eigenvalue weighted by atomic mass is 79.9. The van der Waals surface area contributed by atoms with Crippen LogP contribution in [0.2, 0.25) is 0 Å². The molecule has 0 atom stereocenters. The smallest absolute Gasteiger partial charge is 0.328 e. The lowest BCUT2D eigenvalue weighted by Crippen LogP contribution is -1.92. The number of non-ortho nitro benzene ring substituents is 1. The molecule has 0 spiro atoms. The summed E-state index contributed by atoms with van der Waals surface area (Å²) in [5.41, 5.74) is 0.278. The van der Waals surface area contributed by atoms with Crippen LogP contribution in [0, 0.1) is 10.1 Å². The molecule has 2 rings (SSSR count). The third-order valence-electron chi connectivity index (χ3n) is 2.73. The van der Waals surface area contributed by atoms with Gasteiger partial charge in [-0.2, -0.15) is 0 Å². The first-order valence-corrected chi connectivity index (χ1v) is 6.75.